The Hall–Kier alpha value is -3.42. The average Bonchev–Trinajstić information content (AvgIpc) is 3.27. The van der Waals surface area contributed by atoms with Gasteiger partial charge < -0.3 is 18.2 Å². The summed E-state index contributed by atoms with van der Waals surface area (Å²) in [5, 5.41) is 4.34. The molecule has 0 fully saturated rings. The van der Waals surface area contributed by atoms with E-state index in [1.54, 1.807) is 31.3 Å². The van der Waals surface area contributed by atoms with Crippen molar-refractivity contribution in [2.24, 2.45) is 7.05 Å². The van der Waals surface area contributed by atoms with Gasteiger partial charge in [-0.2, -0.15) is 4.98 Å². The van der Waals surface area contributed by atoms with Crippen molar-refractivity contribution in [1.82, 2.24) is 19.7 Å². The quantitative estimate of drug-likeness (QED) is 0.567. The van der Waals surface area contributed by atoms with Crippen LogP contribution in [0.25, 0.3) is 22.4 Å². The number of hydrogen-bond acceptors (Lipinski definition) is 7. The van der Waals surface area contributed by atoms with E-state index in [2.05, 4.69) is 15.1 Å². The van der Waals surface area contributed by atoms with Gasteiger partial charge in [0.2, 0.25) is 5.82 Å². The van der Waals surface area contributed by atoms with Crippen molar-refractivity contribution in [2.75, 3.05) is 0 Å². The number of fused-ring (bicyclic) bond motifs is 1. The molecular formula is C16H12N4O4. The highest BCUT2D eigenvalue weighted by Crippen LogP contribution is 2.19. The molecule has 8 nitrogen and oxygen atoms in total. The summed E-state index contributed by atoms with van der Waals surface area (Å²) in [5.74, 6) is 1.28. The van der Waals surface area contributed by atoms with Gasteiger partial charge in [0, 0.05) is 7.05 Å². The Morgan fingerprint density at radius 1 is 1.29 bits per heavy atom. The van der Waals surface area contributed by atoms with Gasteiger partial charge in [-0.25, -0.2) is 4.98 Å². The van der Waals surface area contributed by atoms with Gasteiger partial charge in [-0.3, -0.25) is 4.79 Å². The number of furan rings is 1. The fourth-order valence-corrected chi connectivity index (χ4v) is 2.24. The van der Waals surface area contributed by atoms with Gasteiger partial charge in [-0.15, -0.1) is 0 Å². The van der Waals surface area contributed by atoms with Gasteiger partial charge in [0.1, 0.15) is 12.0 Å². The van der Waals surface area contributed by atoms with Crippen LogP contribution >= 0.6 is 0 Å². The van der Waals surface area contributed by atoms with E-state index in [0.29, 0.717) is 33.9 Å². The van der Waals surface area contributed by atoms with Crippen LogP contribution in [0.5, 0.6) is 5.75 Å². The molecule has 0 aliphatic carbocycles. The van der Waals surface area contributed by atoms with Crippen LogP contribution in [-0.4, -0.2) is 19.7 Å². The largest absolute Gasteiger partial charge is 0.485 e. The SMILES string of the molecule is Cn1cnc2ccc(OCc3noc(-c4ccoc4)n3)cc2c1=O. The van der Waals surface area contributed by atoms with Crippen LogP contribution in [0.15, 0.2) is 56.9 Å². The van der Waals surface area contributed by atoms with E-state index < -0.39 is 0 Å². The number of aryl methyl sites for hydroxylation is 1. The molecule has 0 N–H and O–H groups in total. The van der Waals surface area contributed by atoms with Crippen LogP contribution in [0, 0.1) is 0 Å². The molecule has 1 aromatic carbocycles. The molecular weight excluding hydrogens is 312 g/mol. The molecule has 0 radical (unpaired) electrons. The molecule has 3 aromatic heterocycles. The molecule has 0 bridgehead atoms. The monoisotopic (exact) mass is 324 g/mol. The van der Waals surface area contributed by atoms with E-state index >= 15 is 0 Å². The highest BCUT2D eigenvalue weighted by Gasteiger charge is 2.11. The molecule has 0 saturated heterocycles. The molecule has 0 unspecified atom stereocenters. The maximum absolute atomic E-state index is 12.1. The van der Waals surface area contributed by atoms with E-state index in [1.807, 2.05) is 0 Å². The van der Waals surface area contributed by atoms with Crippen LogP contribution in [0.1, 0.15) is 5.82 Å². The van der Waals surface area contributed by atoms with Crippen molar-refractivity contribution in [3.05, 3.63) is 59.3 Å². The standard InChI is InChI=1S/C16H12N4O4/c1-20-9-17-13-3-2-11(6-12(13)16(20)21)23-8-14-18-15(24-19-14)10-4-5-22-7-10/h2-7,9H,8H2,1H3. The highest BCUT2D eigenvalue weighted by atomic mass is 16.5. The minimum absolute atomic E-state index is 0.118. The maximum Gasteiger partial charge on any atom is 0.261 e. The van der Waals surface area contributed by atoms with Crippen molar-refractivity contribution in [1.29, 1.82) is 0 Å². The predicted molar refractivity (Wildman–Crippen MR) is 83.3 cm³/mol. The van der Waals surface area contributed by atoms with Gasteiger partial charge in [0.25, 0.3) is 11.4 Å². The minimum Gasteiger partial charge on any atom is -0.485 e. The second-order valence-corrected chi connectivity index (χ2v) is 5.16. The molecule has 4 aromatic rings. The zero-order chi connectivity index (χ0) is 16.5. The fraction of sp³-hybridized carbons (Fsp3) is 0.125. The summed E-state index contributed by atoms with van der Waals surface area (Å²) in [6.45, 7) is 0.118. The molecule has 24 heavy (non-hydrogen) atoms. The summed E-state index contributed by atoms with van der Waals surface area (Å²) in [6.07, 6.45) is 4.53. The molecule has 0 saturated carbocycles. The zero-order valence-corrected chi connectivity index (χ0v) is 12.7. The van der Waals surface area contributed by atoms with Crippen molar-refractivity contribution in [2.45, 2.75) is 6.61 Å². The Morgan fingerprint density at radius 2 is 2.21 bits per heavy atom. The molecule has 0 aliphatic heterocycles. The number of hydrogen-bond donors (Lipinski definition) is 0. The third-order valence-corrected chi connectivity index (χ3v) is 3.49. The van der Waals surface area contributed by atoms with Gasteiger partial charge in [-0.1, -0.05) is 5.16 Å². The first kappa shape index (κ1) is 14.2. The summed E-state index contributed by atoms with van der Waals surface area (Å²) in [6, 6.07) is 6.86. The molecule has 8 heteroatoms. The molecule has 120 valence electrons. The molecule has 4 rings (SSSR count). The summed E-state index contributed by atoms with van der Waals surface area (Å²) < 4.78 is 17.2. The minimum atomic E-state index is -0.132. The van der Waals surface area contributed by atoms with Crippen molar-refractivity contribution >= 4 is 10.9 Å². The van der Waals surface area contributed by atoms with Crippen molar-refractivity contribution in [3.63, 3.8) is 0 Å². The molecule has 3 heterocycles. The Balaban J connectivity index is 1.55. The summed E-state index contributed by atoms with van der Waals surface area (Å²) >= 11 is 0. The van der Waals surface area contributed by atoms with Crippen molar-refractivity contribution in [3.8, 4) is 17.2 Å². The molecule has 0 spiro atoms. The lowest BCUT2D eigenvalue weighted by molar-refractivity contribution is 0.287. The second kappa shape index (κ2) is 5.65. The van der Waals surface area contributed by atoms with E-state index in [1.165, 1.54) is 23.4 Å². The Labute approximate surface area is 135 Å². The zero-order valence-electron chi connectivity index (χ0n) is 12.7. The highest BCUT2D eigenvalue weighted by molar-refractivity contribution is 5.78. The van der Waals surface area contributed by atoms with Gasteiger partial charge in [-0.05, 0) is 24.3 Å². The van der Waals surface area contributed by atoms with E-state index in [9.17, 15) is 4.79 Å². The topological polar surface area (TPSA) is 96.2 Å². The fourth-order valence-electron chi connectivity index (χ4n) is 2.24. The van der Waals surface area contributed by atoms with E-state index in [4.69, 9.17) is 13.7 Å². The van der Waals surface area contributed by atoms with E-state index in [0.717, 1.165) is 0 Å². The van der Waals surface area contributed by atoms with Crippen LogP contribution < -0.4 is 10.3 Å². The number of aromatic nitrogens is 4. The second-order valence-electron chi connectivity index (χ2n) is 5.16. The first-order chi connectivity index (χ1) is 11.7. The summed E-state index contributed by atoms with van der Waals surface area (Å²) in [5.41, 5.74) is 1.19. The molecule has 0 amide bonds. The van der Waals surface area contributed by atoms with Gasteiger partial charge >= 0.3 is 0 Å². The normalized spacial score (nSPS) is 11.0. The number of benzene rings is 1. The van der Waals surface area contributed by atoms with Gasteiger partial charge in [0.05, 0.1) is 29.1 Å². The number of rotatable bonds is 4. The third-order valence-electron chi connectivity index (χ3n) is 3.49. The first-order valence-corrected chi connectivity index (χ1v) is 7.14. The summed E-state index contributed by atoms with van der Waals surface area (Å²) in [4.78, 5) is 20.5. The molecule has 0 atom stereocenters. The van der Waals surface area contributed by atoms with Gasteiger partial charge in [0.15, 0.2) is 6.61 Å². The lowest BCUT2D eigenvalue weighted by Gasteiger charge is -2.05. The first-order valence-electron chi connectivity index (χ1n) is 7.14. The Morgan fingerprint density at radius 3 is 3.04 bits per heavy atom. The van der Waals surface area contributed by atoms with E-state index in [-0.39, 0.29) is 12.2 Å². The maximum atomic E-state index is 12.1. The van der Waals surface area contributed by atoms with Crippen LogP contribution in [0.3, 0.4) is 0 Å². The lowest BCUT2D eigenvalue weighted by Crippen LogP contribution is -2.16. The Kier molecular flexibility index (Phi) is 3.34. The average molecular weight is 324 g/mol. The lowest BCUT2D eigenvalue weighted by atomic mass is 10.2. The number of nitrogens with zero attached hydrogens (tertiary/aromatic N) is 4. The van der Waals surface area contributed by atoms with Crippen LogP contribution in [-0.2, 0) is 13.7 Å². The van der Waals surface area contributed by atoms with Crippen molar-refractivity contribution < 1.29 is 13.7 Å². The summed E-state index contributed by atoms with van der Waals surface area (Å²) in [7, 11) is 1.65. The molecule has 0 aliphatic rings. The van der Waals surface area contributed by atoms with Crippen LogP contribution in [0.4, 0.5) is 0 Å². The third kappa shape index (κ3) is 2.54. The smallest absolute Gasteiger partial charge is 0.261 e. The van der Waals surface area contributed by atoms with Crippen LogP contribution in [0.2, 0.25) is 0 Å². The Bertz CT molecular complexity index is 1050. The predicted octanol–water partition coefficient (Wildman–Crippen LogP) is 2.16. The number of ether oxygens (including phenoxy) is 1.